The van der Waals surface area contributed by atoms with Crippen LogP contribution in [0.1, 0.15) is 52.9 Å². The molecular weight excluding hydrogens is 603 g/mol. The average molecular weight is 642 g/mol. The first-order valence-corrected chi connectivity index (χ1v) is 15.1. The number of methoxy groups -OCH3 is 2. The number of carbonyl (C=O) groups is 2. The second kappa shape index (κ2) is 14.3. The molecule has 11 nitrogen and oxygen atoms in total. The molecule has 0 unspecified atom stereocenters. The number of aromatic nitrogens is 2. The molecule has 4 N–H and O–H groups in total. The van der Waals surface area contributed by atoms with Gasteiger partial charge in [-0.3, -0.25) is 9.59 Å². The van der Waals surface area contributed by atoms with Crippen molar-refractivity contribution in [2.75, 3.05) is 51.1 Å². The molecule has 0 radical (unpaired) electrons. The smallest absolute Gasteiger partial charge is 0.421 e. The number of hydrogen-bond acceptors (Lipinski definition) is 9. The SMILES string of the molecule is COCCN1CCC(NC(=O)c2ccc(Nc3ncc(C(F)(F)F)c(N[C@@H]4Cc5ccccc5[C@H]4NC(C)=O)n3)c(OC)c2)CC1. The zero-order chi connectivity index (χ0) is 32.8. The average Bonchev–Trinajstić information content (AvgIpc) is 3.36. The second-order valence-electron chi connectivity index (χ2n) is 11.4. The first-order chi connectivity index (χ1) is 22.0. The summed E-state index contributed by atoms with van der Waals surface area (Å²) < 4.78 is 52.8. The third-order valence-corrected chi connectivity index (χ3v) is 8.25. The van der Waals surface area contributed by atoms with Crippen molar-refractivity contribution in [2.24, 2.45) is 0 Å². The quantitative estimate of drug-likeness (QED) is 0.242. The van der Waals surface area contributed by atoms with Crippen molar-refractivity contribution in [3.05, 3.63) is 70.9 Å². The van der Waals surface area contributed by atoms with Gasteiger partial charge in [-0.2, -0.15) is 18.2 Å². The molecule has 0 bridgehead atoms. The highest BCUT2D eigenvalue weighted by atomic mass is 19.4. The van der Waals surface area contributed by atoms with Crippen LogP contribution in [-0.4, -0.2) is 79.2 Å². The van der Waals surface area contributed by atoms with E-state index < -0.39 is 29.6 Å². The van der Waals surface area contributed by atoms with Crippen molar-refractivity contribution in [3.63, 3.8) is 0 Å². The lowest BCUT2D eigenvalue weighted by atomic mass is 10.0. The fraction of sp³-hybridized carbons (Fsp3) is 0.438. The highest BCUT2D eigenvalue weighted by molar-refractivity contribution is 5.95. The maximum atomic E-state index is 14.1. The molecule has 3 aromatic rings. The summed E-state index contributed by atoms with van der Waals surface area (Å²) in [6.07, 6.45) is -1.99. The number of alkyl halides is 3. The van der Waals surface area contributed by atoms with E-state index in [4.69, 9.17) is 9.47 Å². The van der Waals surface area contributed by atoms with E-state index in [-0.39, 0.29) is 29.6 Å². The van der Waals surface area contributed by atoms with Gasteiger partial charge in [0, 0.05) is 51.5 Å². The lowest BCUT2D eigenvalue weighted by Crippen LogP contribution is -2.45. The number of fused-ring (bicyclic) bond motifs is 1. The van der Waals surface area contributed by atoms with Gasteiger partial charge in [-0.05, 0) is 48.6 Å². The zero-order valence-electron chi connectivity index (χ0n) is 25.9. The van der Waals surface area contributed by atoms with E-state index in [0.717, 1.165) is 43.6 Å². The number of nitrogens with one attached hydrogen (secondary N) is 4. The molecule has 5 rings (SSSR count). The fourth-order valence-electron chi connectivity index (χ4n) is 5.91. The van der Waals surface area contributed by atoms with E-state index in [9.17, 15) is 22.8 Å². The van der Waals surface area contributed by atoms with E-state index in [2.05, 4.69) is 36.1 Å². The predicted octanol–water partition coefficient (Wildman–Crippen LogP) is 4.30. The van der Waals surface area contributed by atoms with E-state index in [1.54, 1.807) is 25.3 Å². The van der Waals surface area contributed by atoms with Gasteiger partial charge in [0.2, 0.25) is 11.9 Å². The second-order valence-corrected chi connectivity index (χ2v) is 11.4. The van der Waals surface area contributed by atoms with Crippen LogP contribution in [0.5, 0.6) is 5.75 Å². The van der Waals surface area contributed by atoms with Gasteiger partial charge in [0.05, 0.1) is 31.5 Å². The van der Waals surface area contributed by atoms with Gasteiger partial charge in [-0.15, -0.1) is 0 Å². The Hall–Kier alpha value is -4.43. The van der Waals surface area contributed by atoms with Crippen LogP contribution in [0.2, 0.25) is 0 Å². The molecule has 246 valence electrons. The van der Waals surface area contributed by atoms with Crippen molar-refractivity contribution in [2.45, 2.75) is 50.5 Å². The summed E-state index contributed by atoms with van der Waals surface area (Å²) in [4.78, 5) is 35.4. The molecule has 46 heavy (non-hydrogen) atoms. The summed E-state index contributed by atoms with van der Waals surface area (Å²) in [5.41, 5.74) is 1.45. The van der Waals surface area contributed by atoms with Crippen LogP contribution in [-0.2, 0) is 22.1 Å². The number of ether oxygens (including phenoxy) is 2. The Bertz CT molecular complexity index is 1550. The van der Waals surface area contributed by atoms with Crippen LogP contribution < -0.4 is 26.0 Å². The molecule has 2 heterocycles. The molecule has 0 saturated carbocycles. The molecule has 1 aromatic heterocycles. The van der Waals surface area contributed by atoms with Gasteiger partial charge in [-0.25, -0.2) is 4.98 Å². The molecule has 2 atom stereocenters. The van der Waals surface area contributed by atoms with Crippen molar-refractivity contribution in [1.29, 1.82) is 0 Å². The van der Waals surface area contributed by atoms with Gasteiger partial charge >= 0.3 is 6.18 Å². The van der Waals surface area contributed by atoms with Crippen LogP contribution in [0.4, 0.5) is 30.6 Å². The topological polar surface area (TPSA) is 130 Å². The highest BCUT2D eigenvalue weighted by Gasteiger charge is 2.39. The van der Waals surface area contributed by atoms with Crippen molar-refractivity contribution in [1.82, 2.24) is 25.5 Å². The summed E-state index contributed by atoms with van der Waals surface area (Å²) in [5, 5.41) is 11.8. The maximum Gasteiger partial charge on any atom is 0.421 e. The number of halogens is 3. The van der Waals surface area contributed by atoms with E-state index in [1.165, 1.54) is 14.0 Å². The number of rotatable bonds is 11. The Labute approximate surface area is 265 Å². The Morgan fingerprint density at radius 1 is 1.07 bits per heavy atom. The molecule has 0 spiro atoms. The molecule has 1 aliphatic carbocycles. The first kappa shape index (κ1) is 32.9. The van der Waals surface area contributed by atoms with Gasteiger partial charge in [0.15, 0.2) is 0 Å². The van der Waals surface area contributed by atoms with E-state index in [1.807, 2.05) is 24.3 Å². The highest BCUT2D eigenvalue weighted by Crippen LogP contribution is 2.38. The molecule has 2 aliphatic rings. The minimum absolute atomic E-state index is 0.0412. The largest absolute Gasteiger partial charge is 0.495 e. The van der Waals surface area contributed by atoms with Gasteiger partial charge < -0.3 is 35.6 Å². The molecule has 2 aromatic carbocycles. The third kappa shape index (κ3) is 7.85. The van der Waals surface area contributed by atoms with Crippen molar-refractivity contribution >= 4 is 29.3 Å². The number of likely N-dealkylation sites (tertiary alicyclic amines) is 1. The summed E-state index contributed by atoms with van der Waals surface area (Å²) in [5.74, 6) is -0.804. The third-order valence-electron chi connectivity index (χ3n) is 8.25. The van der Waals surface area contributed by atoms with Crippen LogP contribution in [0.15, 0.2) is 48.7 Å². The molecule has 1 saturated heterocycles. The molecule has 1 fully saturated rings. The van der Waals surface area contributed by atoms with E-state index in [0.29, 0.717) is 30.5 Å². The number of nitrogens with zero attached hydrogens (tertiary/aromatic N) is 3. The lowest BCUT2D eigenvalue weighted by Gasteiger charge is -2.32. The molecule has 2 amide bonds. The standard InChI is InChI=1S/C32H38F3N7O4/c1-19(43)37-28-23-7-5-4-6-20(23)16-26(28)39-29-24(32(33,34)35)18-36-31(41-29)40-25-9-8-21(17-27(25)46-3)30(44)38-22-10-12-42(13-11-22)14-15-45-2/h4-9,17-18,22,26,28H,10-16H2,1-3H3,(H,37,43)(H,38,44)(H2,36,39,40,41)/t26-,28-/m1/s1. The van der Waals surface area contributed by atoms with Crippen LogP contribution in [0.25, 0.3) is 0 Å². The monoisotopic (exact) mass is 641 g/mol. The summed E-state index contributed by atoms with van der Waals surface area (Å²) in [6.45, 7) is 4.62. The molecule has 14 heteroatoms. The fourth-order valence-corrected chi connectivity index (χ4v) is 5.91. The molecular formula is C32H38F3N7O4. The van der Waals surface area contributed by atoms with Gasteiger partial charge in [0.1, 0.15) is 17.1 Å². The van der Waals surface area contributed by atoms with Crippen molar-refractivity contribution < 1.29 is 32.2 Å². The van der Waals surface area contributed by atoms with Crippen LogP contribution in [0.3, 0.4) is 0 Å². The van der Waals surface area contributed by atoms with Crippen LogP contribution in [0, 0.1) is 0 Å². The van der Waals surface area contributed by atoms with Gasteiger partial charge in [0.25, 0.3) is 5.91 Å². The minimum Gasteiger partial charge on any atom is -0.495 e. The Balaban J connectivity index is 1.31. The number of benzene rings is 2. The normalized spacial score (nSPS) is 18.5. The summed E-state index contributed by atoms with van der Waals surface area (Å²) in [7, 11) is 3.10. The molecule has 1 aliphatic heterocycles. The zero-order valence-corrected chi connectivity index (χ0v) is 25.9. The summed E-state index contributed by atoms with van der Waals surface area (Å²) in [6, 6.07) is 11.0. The Morgan fingerprint density at radius 2 is 1.83 bits per heavy atom. The van der Waals surface area contributed by atoms with Gasteiger partial charge in [-0.1, -0.05) is 24.3 Å². The number of amides is 2. The number of anilines is 3. The first-order valence-electron chi connectivity index (χ1n) is 15.1. The van der Waals surface area contributed by atoms with Crippen molar-refractivity contribution in [3.8, 4) is 5.75 Å². The minimum atomic E-state index is -4.73. The predicted molar refractivity (Wildman–Crippen MR) is 166 cm³/mol. The lowest BCUT2D eigenvalue weighted by molar-refractivity contribution is -0.137. The summed E-state index contributed by atoms with van der Waals surface area (Å²) >= 11 is 0. The Morgan fingerprint density at radius 3 is 2.52 bits per heavy atom. The maximum absolute atomic E-state index is 14.1. The Kier molecular flexibility index (Phi) is 10.3. The number of piperidine rings is 1. The number of carbonyl (C=O) groups excluding carboxylic acids is 2. The van der Waals surface area contributed by atoms with E-state index >= 15 is 0 Å². The number of hydrogen-bond donors (Lipinski definition) is 4. The van der Waals surface area contributed by atoms with Crippen LogP contribution >= 0.6 is 0 Å².